The van der Waals surface area contributed by atoms with Crippen molar-refractivity contribution >= 4 is 35.4 Å². The fraction of sp³-hybridized carbons (Fsp3) is 0.846. The van der Waals surface area contributed by atoms with Crippen LogP contribution in [0.5, 0.6) is 0 Å². The molecule has 4 N–H and O–H groups in total. The average molecular weight is 731 g/mol. The number of rotatable bonds is 8. The summed E-state index contributed by atoms with van der Waals surface area (Å²) >= 11 is 0. The van der Waals surface area contributed by atoms with Crippen molar-refractivity contribution in [3.8, 4) is 0 Å². The molecule has 13 nitrogen and oxygen atoms in total. The van der Waals surface area contributed by atoms with E-state index in [1.165, 1.54) is 4.90 Å². The fourth-order valence-electron chi connectivity index (χ4n) is 7.63. The SMILES string of the molecule is CC(C)[C@H]1CCN2C(=O)[C@@H](NC(=O)N[C@H](CN3CCC(C)(C)CC3=O)C(C)(C)C)[C@H](C)OCCCCCCC[C@@H](C(=O)C(=O)NC3CC3)NC(=O)[C@H]12. The van der Waals surface area contributed by atoms with Gasteiger partial charge in [-0.05, 0) is 68.1 Å². The van der Waals surface area contributed by atoms with E-state index in [1.54, 1.807) is 6.92 Å². The van der Waals surface area contributed by atoms with E-state index in [2.05, 4.69) is 35.1 Å². The van der Waals surface area contributed by atoms with Gasteiger partial charge in [-0.1, -0.05) is 74.1 Å². The summed E-state index contributed by atoms with van der Waals surface area (Å²) in [6.07, 6.45) is 7.24. The second-order valence-electron chi connectivity index (χ2n) is 17.9. The lowest BCUT2D eigenvalue weighted by Gasteiger charge is -2.41. The van der Waals surface area contributed by atoms with Crippen molar-refractivity contribution in [2.45, 2.75) is 162 Å². The molecule has 6 amide bonds. The average Bonchev–Trinajstić information content (AvgIpc) is 3.75. The summed E-state index contributed by atoms with van der Waals surface area (Å²) in [5, 5.41) is 11.6. The van der Waals surface area contributed by atoms with E-state index in [1.807, 2.05) is 39.5 Å². The molecule has 3 aliphatic heterocycles. The van der Waals surface area contributed by atoms with E-state index in [0.717, 1.165) is 44.9 Å². The number of carbonyl (C=O) groups is 6. The lowest BCUT2D eigenvalue weighted by molar-refractivity contribution is -0.145. The van der Waals surface area contributed by atoms with Crippen molar-refractivity contribution in [3.05, 3.63) is 0 Å². The number of amides is 6. The topological polar surface area (TPSA) is 166 Å². The Labute approximate surface area is 310 Å². The van der Waals surface area contributed by atoms with Gasteiger partial charge in [-0.25, -0.2) is 4.79 Å². The van der Waals surface area contributed by atoms with Crippen LogP contribution in [0.25, 0.3) is 0 Å². The van der Waals surface area contributed by atoms with Crippen molar-refractivity contribution in [3.63, 3.8) is 0 Å². The van der Waals surface area contributed by atoms with Crippen LogP contribution in [0, 0.1) is 22.7 Å². The molecule has 4 aliphatic rings. The molecule has 3 heterocycles. The zero-order valence-corrected chi connectivity index (χ0v) is 33.0. The summed E-state index contributed by atoms with van der Waals surface area (Å²) in [5.41, 5.74) is -0.459. The lowest BCUT2D eigenvalue weighted by Crippen LogP contribution is -2.62. The first kappa shape index (κ1) is 41.5. The Morgan fingerprint density at radius 1 is 0.942 bits per heavy atom. The minimum atomic E-state index is -1.10. The maximum Gasteiger partial charge on any atom is 0.315 e. The van der Waals surface area contributed by atoms with Crippen LogP contribution in [-0.4, -0.2) is 108 Å². The van der Waals surface area contributed by atoms with Gasteiger partial charge in [-0.3, -0.25) is 24.0 Å². The number of fused-ring (bicyclic) bond motifs is 1. The molecule has 13 heteroatoms. The highest BCUT2D eigenvalue weighted by atomic mass is 16.5. The molecule has 0 spiro atoms. The van der Waals surface area contributed by atoms with Crippen molar-refractivity contribution in [1.29, 1.82) is 0 Å². The number of ketones is 1. The number of urea groups is 1. The summed E-state index contributed by atoms with van der Waals surface area (Å²) in [7, 11) is 0. The molecule has 0 bridgehead atoms. The van der Waals surface area contributed by atoms with Crippen LogP contribution in [0.2, 0.25) is 0 Å². The first-order valence-corrected chi connectivity index (χ1v) is 19.8. The Hall–Kier alpha value is -3.22. The molecule has 1 aliphatic carbocycles. The van der Waals surface area contributed by atoms with Crippen molar-refractivity contribution < 1.29 is 33.5 Å². The van der Waals surface area contributed by atoms with Gasteiger partial charge in [0.2, 0.25) is 23.5 Å². The highest BCUT2D eigenvalue weighted by molar-refractivity contribution is 6.38. The Kier molecular flexibility index (Phi) is 14.2. The third-order valence-corrected chi connectivity index (χ3v) is 11.5. The second kappa shape index (κ2) is 17.7. The zero-order chi connectivity index (χ0) is 38.4. The van der Waals surface area contributed by atoms with Crippen molar-refractivity contribution in [2.75, 3.05) is 26.2 Å². The number of likely N-dealkylation sites (tertiary alicyclic amines) is 1. The fourth-order valence-corrected chi connectivity index (χ4v) is 7.63. The first-order valence-electron chi connectivity index (χ1n) is 19.8. The van der Waals surface area contributed by atoms with Gasteiger partial charge in [0.25, 0.3) is 5.91 Å². The van der Waals surface area contributed by atoms with E-state index in [-0.39, 0.29) is 29.2 Å². The van der Waals surface area contributed by atoms with Gasteiger partial charge in [0.15, 0.2) is 0 Å². The van der Waals surface area contributed by atoms with Crippen LogP contribution < -0.4 is 21.3 Å². The Balaban J connectivity index is 1.56. The number of hydrogen-bond acceptors (Lipinski definition) is 7. The van der Waals surface area contributed by atoms with Crippen molar-refractivity contribution in [1.82, 2.24) is 31.1 Å². The number of nitrogens with zero attached hydrogens (tertiary/aromatic N) is 2. The summed E-state index contributed by atoms with van der Waals surface area (Å²) in [5.74, 6) is -2.31. The van der Waals surface area contributed by atoms with Gasteiger partial charge >= 0.3 is 6.03 Å². The minimum Gasteiger partial charge on any atom is -0.376 e. The van der Waals surface area contributed by atoms with Gasteiger partial charge < -0.3 is 35.8 Å². The largest absolute Gasteiger partial charge is 0.376 e. The van der Waals surface area contributed by atoms with E-state index in [9.17, 15) is 28.8 Å². The van der Waals surface area contributed by atoms with E-state index < -0.39 is 65.2 Å². The number of piperidine rings is 1. The van der Waals surface area contributed by atoms with Gasteiger partial charge in [0, 0.05) is 38.7 Å². The number of Topliss-reactive ketones (excluding diaryl/α,β-unsaturated/α-hetero) is 1. The summed E-state index contributed by atoms with van der Waals surface area (Å²) in [6.45, 7) is 17.6. The van der Waals surface area contributed by atoms with Crippen LogP contribution >= 0.6 is 0 Å². The van der Waals surface area contributed by atoms with Gasteiger partial charge in [0.1, 0.15) is 12.1 Å². The first-order chi connectivity index (χ1) is 24.4. The maximum atomic E-state index is 14.6. The third-order valence-electron chi connectivity index (χ3n) is 11.5. The Bertz CT molecular complexity index is 1310. The molecule has 0 aromatic carbocycles. The molecule has 6 atom stereocenters. The summed E-state index contributed by atoms with van der Waals surface area (Å²) in [4.78, 5) is 85.2. The predicted molar refractivity (Wildman–Crippen MR) is 198 cm³/mol. The minimum absolute atomic E-state index is 0.0100. The third kappa shape index (κ3) is 11.4. The Morgan fingerprint density at radius 3 is 2.25 bits per heavy atom. The number of nitrogens with one attached hydrogen (secondary N) is 4. The van der Waals surface area contributed by atoms with Crippen LogP contribution in [-0.2, 0) is 28.7 Å². The van der Waals surface area contributed by atoms with Gasteiger partial charge in [-0.15, -0.1) is 0 Å². The summed E-state index contributed by atoms with van der Waals surface area (Å²) < 4.78 is 6.18. The van der Waals surface area contributed by atoms with E-state index in [0.29, 0.717) is 51.9 Å². The molecule has 294 valence electrons. The highest BCUT2D eigenvalue weighted by Gasteiger charge is 2.47. The van der Waals surface area contributed by atoms with Crippen LogP contribution in [0.1, 0.15) is 126 Å². The molecular formula is C39H66N6O7. The molecule has 1 saturated carbocycles. The van der Waals surface area contributed by atoms with Gasteiger partial charge in [-0.2, -0.15) is 0 Å². The Morgan fingerprint density at radius 2 is 1.62 bits per heavy atom. The number of hydrogen-bond donors (Lipinski definition) is 4. The standard InChI is InChI=1S/C39H66N6O7/c1-24(2)27-17-19-45-32(27)34(48)41-28(33(47)35(49)40-26-15-16-26)14-12-10-9-11-13-21-52-25(3)31(36(45)50)43-37(51)42-29(38(4,5)6)23-44-20-18-39(7,8)22-30(44)46/h24-29,31-32H,9-23H2,1-8H3,(H,40,49)(H,41,48)(H2,42,43,51)/t25-,27+,28-,29+,31-,32-/m0/s1. The quantitative estimate of drug-likeness (QED) is 0.277. The molecule has 0 radical (unpaired) electrons. The number of ether oxygens (including phenoxy) is 1. The molecular weight excluding hydrogens is 664 g/mol. The predicted octanol–water partition coefficient (Wildman–Crippen LogP) is 3.68. The second-order valence-corrected chi connectivity index (χ2v) is 17.9. The van der Waals surface area contributed by atoms with Crippen LogP contribution in [0.4, 0.5) is 4.79 Å². The van der Waals surface area contributed by atoms with E-state index in [4.69, 9.17) is 4.74 Å². The zero-order valence-electron chi connectivity index (χ0n) is 33.0. The molecule has 0 aromatic rings. The lowest BCUT2D eigenvalue weighted by atomic mass is 9.81. The molecule has 0 unspecified atom stereocenters. The van der Waals surface area contributed by atoms with E-state index >= 15 is 0 Å². The molecule has 52 heavy (non-hydrogen) atoms. The van der Waals surface area contributed by atoms with Crippen LogP contribution in [0.15, 0.2) is 0 Å². The molecule has 3 saturated heterocycles. The van der Waals surface area contributed by atoms with Crippen LogP contribution in [0.3, 0.4) is 0 Å². The molecule has 4 fully saturated rings. The summed E-state index contributed by atoms with van der Waals surface area (Å²) in [6, 6.07) is -3.93. The molecule has 0 aromatic heterocycles. The number of carbonyl (C=O) groups excluding carboxylic acids is 6. The normalized spacial score (nSPS) is 28.9. The monoisotopic (exact) mass is 730 g/mol. The smallest absolute Gasteiger partial charge is 0.315 e. The van der Waals surface area contributed by atoms with Crippen molar-refractivity contribution in [2.24, 2.45) is 22.7 Å². The highest BCUT2D eigenvalue weighted by Crippen LogP contribution is 2.33. The molecule has 4 rings (SSSR count). The maximum absolute atomic E-state index is 14.6. The van der Waals surface area contributed by atoms with Gasteiger partial charge in [0.05, 0.1) is 18.2 Å².